The smallest absolute Gasteiger partial charge is 0.416 e. The van der Waals surface area contributed by atoms with E-state index in [1.165, 1.54) is 6.07 Å². The van der Waals surface area contributed by atoms with Crippen molar-refractivity contribution in [1.82, 2.24) is 0 Å². The van der Waals surface area contributed by atoms with Gasteiger partial charge in [0.15, 0.2) is 11.5 Å². The Morgan fingerprint density at radius 3 is 2.69 bits per heavy atom. The van der Waals surface area contributed by atoms with Gasteiger partial charge in [0.25, 0.3) is 0 Å². The van der Waals surface area contributed by atoms with Crippen LogP contribution in [-0.4, -0.2) is 12.5 Å². The maximum Gasteiger partial charge on any atom is 0.416 e. The summed E-state index contributed by atoms with van der Waals surface area (Å²) in [5.74, 6) is 1.44. The number of anilines is 1. The Balaban J connectivity index is 1.62. The summed E-state index contributed by atoms with van der Waals surface area (Å²) in [4.78, 5) is 0. The van der Waals surface area contributed by atoms with Crippen LogP contribution in [0.3, 0.4) is 0 Å². The molecular formula is C18H16ClF3N2O2. The number of nitrogens with one attached hydrogen (secondary N) is 1. The zero-order valence-electron chi connectivity index (χ0n) is 13.9. The number of fused-ring (bicyclic) bond motifs is 1. The molecule has 0 bridgehead atoms. The summed E-state index contributed by atoms with van der Waals surface area (Å²) in [6.07, 6.45) is -3.09. The predicted octanol–water partition coefficient (Wildman–Crippen LogP) is 5.51. The highest BCUT2D eigenvalue weighted by atomic mass is 35.5. The Morgan fingerprint density at radius 2 is 1.92 bits per heavy atom. The van der Waals surface area contributed by atoms with Crippen molar-refractivity contribution in [1.29, 1.82) is 0 Å². The van der Waals surface area contributed by atoms with Crippen molar-refractivity contribution in [3.8, 4) is 11.5 Å². The summed E-state index contributed by atoms with van der Waals surface area (Å²) < 4.78 is 48.9. The molecule has 1 aliphatic rings. The summed E-state index contributed by atoms with van der Waals surface area (Å²) in [5.41, 5.74) is 3.74. The molecule has 0 spiro atoms. The van der Waals surface area contributed by atoms with Gasteiger partial charge in [0, 0.05) is 5.71 Å². The van der Waals surface area contributed by atoms with Crippen LogP contribution in [0.2, 0.25) is 5.02 Å². The van der Waals surface area contributed by atoms with E-state index >= 15 is 0 Å². The molecule has 0 amide bonds. The summed E-state index contributed by atoms with van der Waals surface area (Å²) in [6.45, 7) is 2.02. The molecule has 1 N–H and O–H groups in total. The molecule has 0 radical (unpaired) electrons. The maximum absolute atomic E-state index is 12.8. The number of hydrogen-bond donors (Lipinski definition) is 1. The number of rotatable bonds is 5. The third-order valence-corrected chi connectivity index (χ3v) is 4.20. The SMILES string of the molecule is CC(CCc1ccc2c(c1)OCO2)=NNc1cc(C(F)(F)F)ccc1Cl. The zero-order chi connectivity index (χ0) is 18.7. The molecule has 2 aromatic rings. The number of nitrogens with zero attached hydrogens (tertiary/aromatic N) is 1. The molecule has 2 aromatic carbocycles. The van der Waals surface area contributed by atoms with E-state index in [0.29, 0.717) is 18.6 Å². The summed E-state index contributed by atoms with van der Waals surface area (Å²) >= 11 is 5.93. The largest absolute Gasteiger partial charge is 0.454 e. The van der Waals surface area contributed by atoms with Gasteiger partial charge in [-0.1, -0.05) is 17.7 Å². The molecule has 0 saturated heterocycles. The van der Waals surface area contributed by atoms with Crippen molar-refractivity contribution in [2.75, 3.05) is 12.2 Å². The lowest BCUT2D eigenvalue weighted by Crippen LogP contribution is -2.06. The van der Waals surface area contributed by atoms with Gasteiger partial charge in [0.2, 0.25) is 6.79 Å². The van der Waals surface area contributed by atoms with Crippen molar-refractivity contribution >= 4 is 23.0 Å². The fourth-order valence-corrected chi connectivity index (χ4v) is 2.58. The van der Waals surface area contributed by atoms with Crippen LogP contribution in [0.1, 0.15) is 24.5 Å². The molecule has 1 heterocycles. The fraction of sp³-hybridized carbons (Fsp3) is 0.278. The molecule has 0 atom stereocenters. The quantitative estimate of drug-likeness (QED) is 0.546. The van der Waals surface area contributed by atoms with Gasteiger partial charge in [-0.25, -0.2) is 0 Å². The number of benzene rings is 2. The van der Waals surface area contributed by atoms with E-state index in [1.807, 2.05) is 18.2 Å². The molecule has 3 rings (SSSR count). The molecule has 1 aliphatic heterocycles. The van der Waals surface area contributed by atoms with Gasteiger partial charge < -0.3 is 9.47 Å². The minimum atomic E-state index is -4.43. The van der Waals surface area contributed by atoms with Gasteiger partial charge in [0.05, 0.1) is 16.3 Å². The first-order valence-corrected chi connectivity index (χ1v) is 8.25. The molecule has 26 heavy (non-hydrogen) atoms. The van der Waals surface area contributed by atoms with Gasteiger partial charge >= 0.3 is 6.18 Å². The highest BCUT2D eigenvalue weighted by Gasteiger charge is 2.30. The van der Waals surface area contributed by atoms with Gasteiger partial charge in [0.1, 0.15) is 0 Å². The first-order valence-electron chi connectivity index (χ1n) is 7.87. The van der Waals surface area contributed by atoms with Gasteiger partial charge in [-0.3, -0.25) is 5.43 Å². The second-order valence-corrected chi connectivity index (χ2v) is 6.25. The monoisotopic (exact) mass is 384 g/mol. The van der Waals surface area contributed by atoms with E-state index in [4.69, 9.17) is 21.1 Å². The van der Waals surface area contributed by atoms with Gasteiger partial charge in [-0.05, 0) is 55.7 Å². The van der Waals surface area contributed by atoms with Crippen LogP contribution in [0.25, 0.3) is 0 Å². The number of halogens is 4. The number of hydrazone groups is 1. The molecule has 0 aliphatic carbocycles. The summed E-state index contributed by atoms with van der Waals surface area (Å²) in [6, 6.07) is 8.78. The van der Waals surface area contributed by atoms with Crippen LogP contribution in [-0.2, 0) is 12.6 Å². The highest BCUT2D eigenvalue weighted by molar-refractivity contribution is 6.33. The second-order valence-electron chi connectivity index (χ2n) is 5.84. The molecule has 138 valence electrons. The average molecular weight is 385 g/mol. The average Bonchev–Trinajstić information content (AvgIpc) is 3.06. The second kappa shape index (κ2) is 7.45. The van der Waals surface area contributed by atoms with Crippen LogP contribution in [0.4, 0.5) is 18.9 Å². The third-order valence-electron chi connectivity index (χ3n) is 3.87. The number of ether oxygens (including phenoxy) is 2. The highest BCUT2D eigenvalue weighted by Crippen LogP contribution is 2.34. The maximum atomic E-state index is 12.8. The zero-order valence-corrected chi connectivity index (χ0v) is 14.6. The van der Waals surface area contributed by atoms with E-state index in [1.54, 1.807) is 6.92 Å². The standard InChI is InChI=1S/C18H16ClF3N2O2/c1-11(2-3-12-4-7-16-17(8-12)26-10-25-16)23-24-15-9-13(18(20,21)22)5-6-14(15)19/h4-9,24H,2-3,10H2,1H3. The Morgan fingerprint density at radius 1 is 1.15 bits per heavy atom. The molecule has 0 saturated carbocycles. The number of alkyl halides is 3. The van der Waals surface area contributed by atoms with Gasteiger partial charge in [-0.2, -0.15) is 18.3 Å². The molecule has 0 aromatic heterocycles. The van der Waals surface area contributed by atoms with Crippen LogP contribution < -0.4 is 14.9 Å². The van der Waals surface area contributed by atoms with E-state index < -0.39 is 11.7 Å². The van der Waals surface area contributed by atoms with E-state index in [9.17, 15) is 13.2 Å². The van der Waals surface area contributed by atoms with Crippen LogP contribution in [0, 0.1) is 0 Å². The predicted molar refractivity (Wildman–Crippen MR) is 94.1 cm³/mol. The Hall–Kier alpha value is -2.41. The lowest BCUT2D eigenvalue weighted by Gasteiger charge is -2.10. The Bertz CT molecular complexity index is 838. The lowest BCUT2D eigenvalue weighted by atomic mass is 10.1. The van der Waals surface area contributed by atoms with Crippen molar-refractivity contribution in [3.63, 3.8) is 0 Å². The fourth-order valence-electron chi connectivity index (χ4n) is 2.42. The van der Waals surface area contributed by atoms with Gasteiger partial charge in [-0.15, -0.1) is 0 Å². The van der Waals surface area contributed by atoms with E-state index in [-0.39, 0.29) is 17.5 Å². The third kappa shape index (κ3) is 4.40. The number of hydrogen-bond acceptors (Lipinski definition) is 4. The minimum absolute atomic E-state index is 0.115. The molecule has 8 heteroatoms. The molecular weight excluding hydrogens is 369 g/mol. The van der Waals surface area contributed by atoms with E-state index in [2.05, 4.69) is 10.5 Å². The minimum Gasteiger partial charge on any atom is -0.454 e. The summed E-state index contributed by atoms with van der Waals surface area (Å²) in [5, 5.41) is 4.30. The Labute approximate surface area is 153 Å². The molecule has 0 fully saturated rings. The van der Waals surface area contributed by atoms with Crippen molar-refractivity contribution in [2.45, 2.75) is 25.9 Å². The summed E-state index contributed by atoms with van der Waals surface area (Å²) in [7, 11) is 0. The first kappa shape index (κ1) is 18.4. The lowest BCUT2D eigenvalue weighted by molar-refractivity contribution is -0.137. The van der Waals surface area contributed by atoms with Crippen molar-refractivity contribution in [2.24, 2.45) is 5.10 Å². The van der Waals surface area contributed by atoms with Crippen molar-refractivity contribution in [3.05, 3.63) is 52.5 Å². The number of aryl methyl sites for hydroxylation is 1. The topological polar surface area (TPSA) is 42.9 Å². The Kier molecular flexibility index (Phi) is 5.27. The van der Waals surface area contributed by atoms with Crippen LogP contribution in [0.5, 0.6) is 11.5 Å². The molecule has 4 nitrogen and oxygen atoms in total. The van der Waals surface area contributed by atoms with Crippen LogP contribution in [0.15, 0.2) is 41.5 Å². The van der Waals surface area contributed by atoms with Crippen LogP contribution >= 0.6 is 11.6 Å². The van der Waals surface area contributed by atoms with Crippen molar-refractivity contribution < 1.29 is 22.6 Å². The normalized spacial score (nSPS) is 13.8. The molecule has 0 unspecified atom stereocenters. The first-order chi connectivity index (χ1) is 12.3. The van der Waals surface area contributed by atoms with E-state index in [0.717, 1.165) is 29.2 Å².